The average molecular weight is 1010 g/mol. The van der Waals surface area contributed by atoms with Gasteiger partial charge in [-0.15, -0.1) is 0 Å². The predicted octanol–water partition coefficient (Wildman–Crippen LogP) is 9.75. The Bertz CT molecular complexity index is 2060. The highest BCUT2D eigenvalue weighted by Gasteiger charge is 2.28. The standard InChI is InChI=1S/C26H42N2O8.C26H30N2O8/c2*1-25(2,3)35-23(31)27-17-7-11-19(12-8-17)33-21(29)15-16-22(30)34-20-13-9-18(10-14-20)28-24(32)36-26(4,5)6/h15-20H,7-14H2,1-6H3,(H,27,31)(H,28,32);7-16H,1-6H3,(H,27,31)(H,28,32)/b2*16-15+. The van der Waals surface area contributed by atoms with E-state index in [2.05, 4.69) is 21.3 Å². The molecule has 72 heavy (non-hydrogen) atoms. The first-order valence-electron chi connectivity index (χ1n) is 23.8. The number of carbonyl (C=O) groups excluding carboxylic acids is 8. The lowest BCUT2D eigenvalue weighted by atomic mass is 9.93. The van der Waals surface area contributed by atoms with Crippen LogP contribution < -0.4 is 30.7 Å². The molecule has 2 aromatic rings. The first-order valence-corrected chi connectivity index (χ1v) is 23.8. The number of amides is 4. The summed E-state index contributed by atoms with van der Waals surface area (Å²) in [6.45, 7) is 21.4. The Hall–Kier alpha value is -7.12. The highest BCUT2D eigenvalue weighted by molar-refractivity contribution is 5.94. The SMILES string of the molecule is CC(C)(C)OC(=O)NC1CCC(OC(=O)/C=C/C(=O)OC2CCC(NC(=O)OC(C)(C)C)CC2)CC1.CC(C)(C)OC(=O)Nc1ccc(OC(=O)/C=C/C(=O)Oc2ccc(NC(=O)OC(C)(C)C)cc2)cc1. The molecular weight excluding hydrogens is 937 g/mol. The first kappa shape index (κ1) is 59.2. The molecule has 2 aromatic carbocycles. The van der Waals surface area contributed by atoms with Gasteiger partial charge in [-0.1, -0.05) is 0 Å². The summed E-state index contributed by atoms with van der Waals surface area (Å²) in [5.41, 5.74) is -1.46. The number of rotatable bonds is 12. The third-order valence-corrected chi connectivity index (χ3v) is 9.50. The Morgan fingerprint density at radius 2 is 0.653 bits per heavy atom. The second-order valence-corrected chi connectivity index (χ2v) is 20.9. The molecule has 2 aliphatic carbocycles. The molecule has 4 amide bonds. The predicted molar refractivity (Wildman–Crippen MR) is 265 cm³/mol. The van der Waals surface area contributed by atoms with Crippen LogP contribution in [-0.2, 0) is 47.6 Å². The van der Waals surface area contributed by atoms with Gasteiger partial charge >= 0.3 is 48.3 Å². The van der Waals surface area contributed by atoms with Gasteiger partial charge in [0.1, 0.15) is 46.1 Å². The van der Waals surface area contributed by atoms with Crippen molar-refractivity contribution < 1.29 is 76.3 Å². The number of benzene rings is 2. The zero-order chi connectivity index (χ0) is 53.9. The number of hydrogen-bond donors (Lipinski definition) is 4. The fourth-order valence-electron chi connectivity index (χ4n) is 6.63. The number of esters is 4. The van der Waals surface area contributed by atoms with Crippen LogP contribution in [0.5, 0.6) is 11.5 Å². The van der Waals surface area contributed by atoms with Gasteiger partial charge in [0.2, 0.25) is 0 Å². The molecule has 2 saturated carbocycles. The van der Waals surface area contributed by atoms with Gasteiger partial charge in [-0.05, 0) is 183 Å². The Kier molecular flexibility index (Phi) is 22.1. The van der Waals surface area contributed by atoms with Crippen molar-refractivity contribution >= 4 is 59.6 Å². The van der Waals surface area contributed by atoms with Crippen LogP contribution in [0.1, 0.15) is 134 Å². The van der Waals surface area contributed by atoms with Crippen molar-refractivity contribution in [2.24, 2.45) is 0 Å². The van der Waals surface area contributed by atoms with Gasteiger partial charge in [0.05, 0.1) is 0 Å². The van der Waals surface area contributed by atoms with E-state index >= 15 is 0 Å². The second kappa shape index (κ2) is 26.9. The van der Waals surface area contributed by atoms with E-state index < -0.39 is 70.7 Å². The number of anilines is 2. The van der Waals surface area contributed by atoms with E-state index in [1.165, 1.54) is 48.5 Å². The van der Waals surface area contributed by atoms with Gasteiger partial charge in [0.15, 0.2) is 0 Å². The van der Waals surface area contributed by atoms with Gasteiger partial charge in [-0.3, -0.25) is 10.6 Å². The largest absolute Gasteiger partial charge is 0.459 e. The molecule has 0 unspecified atom stereocenters. The van der Waals surface area contributed by atoms with E-state index in [-0.39, 0.29) is 35.8 Å². The topological polar surface area (TPSA) is 259 Å². The fraction of sp³-hybridized carbons (Fsp3) is 0.538. The zero-order valence-electron chi connectivity index (χ0n) is 43.4. The van der Waals surface area contributed by atoms with Gasteiger partial charge in [-0.2, -0.15) is 0 Å². The fourth-order valence-corrected chi connectivity index (χ4v) is 6.63. The minimum atomic E-state index is -0.795. The van der Waals surface area contributed by atoms with Crippen LogP contribution in [-0.4, -0.2) is 94.9 Å². The van der Waals surface area contributed by atoms with Crippen molar-refractivity contribution in [1.82, 2.24) is 10.6 Å². The average Bonchev–Trinajstić information content (AvgIpc) is 3.22. The molecule has 0 aromatic heterocycles. The molecule has 0 bridgehead atoms. The van der Waals surface area contributed by atoms with Crippen LogP contribution in [0.4, 0.5) is 30.6 Å². The van der Waals surface area contributed by atoms with Crippen molar-refractivity contribution in [2.45, 2.75) is 181 Å². The lowest BCUT2D eigenvalue weighted by molar-refractivity contribution is -0.147. The summed E-state index contributed by atoms with van der Waals surface area (Å²) in [5.74, 6) is -2.36. The van der Waals surface area contributed by atoms with Gasteiger partial charge in [0.25, 0.3) is 0 Å². The highest BCUT2D eigenvalue weighted by atomic mass is 16.6. The zero-order valence-corrected chi connectivity index (χ0v) is 43.4. The maximum absolute atomic E-state index is 12.1. The number of alkyl carbamates (subject to hydrolysis) is 2. The molecule has 20 heteroatoms. The number of ether oxygens (including phenoxy) is 8. The maximum atomic E-state index is 12.1. The molecule has 0 atom stereocenters. The van der Waals surface area contributed by atoms with Crippen molar-refractivity contribution in [1.29, 1.82) is 0 Å². The summed E-state index contributed by atoms with van der Waals surface area (Å²) in [5, 5.41) is 10.8. The summed E-state index contributed by atoms with van der Waals surface area (Å²) in [4.78, 5) is 95.5. The van der Waals surface area contributed by atoms with E-state index in [4.69, 9.17) is 37.9 Å². The van der Waals surface area contributed by atoms with E-state index in [9.17, 15) is 38.4 Å². The van der Waals surface area contributed by atoms with Crippen LogP contribution >= 0.6 is 0 Å². The minimum Gasteiger partial charge on any atom is -0.459 e. The second-order valence-electron chi connectivity index (χ2n) is 20.9. The molecule has 2 fully saturated rings. The third-order valence-electron chi connectivity index (χ3n) is 9.50. The van der Waals surface area contributed by atoms with Gasteiger partial charge < -0.3 is 48.5 Å². The molecule has 2 aliphatic rings. The summed E-state index contributed by atoms with van der Waals surface area (Å²) in [6.07, 6.45) is 6.55. The maximum Gasteiger partial charge on any atom is 0.412 e. The minimum absolute atomic E-state index is 0.0188. The molecule has 0 spiro atoms. The Labute approximate surface area is 421 Å². The van der Waals surface area contributed by atoms with E-state index in [0.29, 0.717) is 62.7 Å². The molecule has 0 saturated heterocycles. The van der Waals surface area contributed by atoms with Gasteiger partial charge in [-0.25, -0.2) is 38.4 Å². The highest BCUT2D eigenvalue weighted by Crippen LogP contribution is 2.25. The number of carbonyl (C=O) groups is 8. The molecule has 4 rings (SSSR count). The first-order chi connectivity index (χ1) is 33.4. The van der Waals surface area contributed by atoms with Crippen LogP contribution in [0.3, 0.4) is 0 Å². The van der Waals surface area contributed by atoms with Crippen LogP contribution in [0.15, 0.2) is 72.8 Å². The summed E-state index contributed by atoms with van der Waals surface area (Å²) in [7, 11) is 0. The van der Waals surface area contributed by atoms with Gasteiger partial charge in [0, 0.05) is 47.8 Å². The normalized spacial score (nSPS) is 18.2. The summed E-state index contributed by atoms with van der Waals surface area (Å²) < 4.78 is 41.9. The number of hydrogen-bond acceptors (Lipinski definition) is 16. The van der Waals surface area contributed by atoms with Crippen molar-refractivity contribution in [3.05, 3.63) is 72.8 Å². The molecular formula is C52H72N4O16. The van der Waals surface area contributed by atoms with Crippen LogP contribution in [0.25, 0.3) is 0 Å². The quantitative estimate of drug-likeness (QED) is 0.0667. The summed E-state index contributed by atoms with van der Waals surface area (Å²) in [6, 6.07) is 12.0. The van der Waals surface area contributed by atoms with E-state index in [1.54, 1.807) is 41.5 Å². The smallest absolute Gasteiger partial charge is 0.412 e. The lowest BCUT2D eigenvalue weighted by Crippen LogP contribution is -2.42. The Balaban J connectivity index is 0.000000380. The lowest BCUT2D eigenvalue weighted by Gasteiger charge is -2.29. The molecule has 0 aliphatic heterocycles. The molecule has 396 valence electrons. The molecule has 0 heterocycles. The van der Waals surface area contributed by atoms with Crippen molar-refractivity contribution in [2.75, 3.05) is 10.6 Å². The monoisotopic (exact) mass is 1010 g/mol. The molecule has 4 N–H and O–H groups in total. The van der Waals surface area contributed by atoms with Crippen molar-refractivity contribution in [3.8, 4) is 11.5 Å². The summed E-state index contributed by atoms with van der Waals surface area (Å²) >= 11 is 0. The van der Waals surface area contributed by atoms with Crippen LogP contribution in [0.2, 0.25) is 0 Å². The Morgan fingerprint density at radius 3 is 0.931 bits per heavy atom. The Morgan fingerprint density at radius 1 is 0.389 bits per heavy atom. The molecule has 20 nitrogen and oxygen atoms in total. The number of nitrogens with one attached hydrogen (secondary N) is 4. The van der Waals surface area contributed by atoms with E-state index in [0.717, 1.165) is 24.3 Å². The van der Waals surface area contributed by atoms with Crippen molar-refractivity contribution in [3.63, 3.8) is 0 Å². The molecule has 0 radical (unpaired) electrons. The third kappa shape index (κ3) is 26.7. The van der Waals surface area contributed by atoms with Crippen LogP contribution in [0, 0.1) is 0 Å². The van der Waals surface area contributed by atoms with E-state index in [1.807, 2.05) is 41.5 Å².